The molecule has 0 aliphatic rings. The SMILES string of the molecule is CC(/C=C/c1ccccc1F)=N/Nc1nc(-c2ccc(Cl)cc2Cl)cs1. The van der Waals surface area contributed by atoms with Gasteiger partial charge in [0.2, 0.25) is 5.13 Å². The number of benzene rings is 2. The van der Waals surface area contributed by atoms with Gasteiger partial charge in [0.25, 0.3) is 0 Å². The Morgan fingerprint density at radius 1 is 1.23 bits per heavy atom. The second-order valence-electron chi connectivity index (χ2n) is 5.38. The van der Waals surface area contributed by atoms with Crippen molar-refractivity contribution in [1.82, 2.24) is 4.98 Å². The summed E-state index contributed by atoms with van der Waals surface area (Å²) in [6.07, 6.45) is 3.41. The Kier molecular flexibility index (Phi) is 6.04. The standard InChI is InChI=1S/C19H14Cl2FN3S/c1-12(6-7-13-4-2-3-5-17(13)22)24-25-19-23-18(11-26-19)15-9-8-14(20)10-16(15)21/h2-11H,1H3,(H,23,25)/b7-6+,24-12-. The van der Waals surface area contributed by atoms with Crippen molar-refractivity contribution < 1.29 is 4.39 Å². The number of hydrogen-bond donors (Lipinski definition) is 1. The van der Waals surface area contributed by atoms with Gasteiger partial charge in [-0.2, -0.15) is 5.10 Å². The third-order valence-electron chi connectivity index (χ3n) is 3.45. The number of hydrogen-bond acceptors (Lipinski definition) is 4. The first-order chi connectivity index (χ1) is 12.5. The Hall–Kier alpha value is -2.21. The van der Waals surface area contributed by atoms with Gasteiger partial charge in [0, 0.05) is 21.5 Å². The fourth-order valence-electron chi connectivity index (χ4n) is 2.14. The molecule has 0 spiro atoms. The lowest BCUT2D eigenvalue weighted by atomic mass is 10.2. The minimum atomic E-state index is -0.270. The van der Waals surface area contributed by atoms with Gasteiger partial charge in [0.15, 0.2) is 0 Å². The van der Waals surface area contributed by atoms with E-state index < -0.39 is 0 Å². The predicted octanol–water partition coefficient (Wildman–Crippen LogP) is 6.76. The van der Waals surface area contributed by atoms with Crippen molar-refractivity contribution in [3.8, 4) is 11.3 Å². The van der Waals surface area contributed by atoms with E-state index in [-0.39, 0.29) is 5.82 Å². The number of halogens is 3. The van der Waals surface area contributed by atoms with Gasteiger partial charge in [-0.05, 0) is 37.3 Å². The molecule has 0 aliphatic carbocycles. The first-order valence-electron chi connectivity index (χ1n) is 7.67. The molecule has 3 rings (SSSR count). The highest BCUT2D eigenvalue weighted by atomic mass is 35.5. The summed E-state index contributed by atoms with van der Waals surface area (Å²) in [6, 6.07) is 11.8. The number of allylic oxidation sites excluding steroid dienone is 1. The van der Waals surface area contributed by atoms with Crippen molar-refractivity contribution in [2.24, 2.45) is 5.10 Å². The fraction of sp³-hybridized carbons (Fsp3) is 0.0526. The molecular formula is C19H14Cl2FN3S. The molecular weight excluding hydrogens is 392 g/mol. The van der Waals surface area contributed by atoms with Crippen molar-refractivity contribution in [1.29, 1.82) is 0 Å². The van der Waals surface area contributed by atoms with Crippen LogP contribution in [0, 0.1) is 5.82 Å². The van der Waals surface area contributed by atoms with E-state index in [4.69, 9.17) is 23.2 Å². The maximum absolute atomic E-state index is 13.6. The normalized spacial score (nSPS) is 11.9. The Labute approximate surface area is 164 Å². The summed E-state index contributed by atoms with van der Waals surface area (Å²) in [6.45, 7) is 1.81. The van der Waals surface area contributed by atoms with Gasteiger partial charge in [0.1, 0.15) is 5.82 Å². The summed E-state index contributed by atoms with van der Waals surface area (Å²) in [5, 5.41) is 7.87. The highest BCUT2D eigenvalue weighted by Gasteiger charge is 2.08. The lowest BCUT2D eigenvalue weighted by Gasteiger charge is -2.01. The van der Waals surface area contributed by atoms with Crippen LogP contribution in [0.25, 0.3) is 17.3 Å². The third kappa shape index (κ3) is 4.69. The van der Waals surface area contributed by atoms with Crippen molar-refractivity contribution in [2.45, 2.75) is 6.92 Å². The maximum atomic E-state index is 13.6. The van der Waals surface area contributed by atoms with Crippen LogP contribution in [0.15, 0.2) is 59.0 Å². The molecule has 3 nitrogen and oxygen atoms in total. The fourth-order valence-corrected chi connectivity index (χ4v) is 3.30. The van der Waals surface area contributed by atoms with Crippen molar-refractivity contribution >= 4 is 51.5 Å². The van der Waals surface area contributed by atoms with Crippen LogP contribution >= 0.6 is 34.5 Å². The second-order valence-corrected chi connectivity index (χ2v) is 7.08. The van der Waals surface area contributed by atoms with Crippen molar-refractivity contribution in [3.63, 3.8) is 0 Å². The van der Waals surface area contributed by atoms with Crippen LogP contribution in [0.5, 0.6) is 0 Å². The van der Waals surface area contributed by atoms with Crippen LogP contribution in [-0.4, -0.2) is 10.7 Å². The first-order valence-corrected chi connectivity index (χ1v) is 9.30. The molecule has 0 fully saturated rings. The number of aromatic nitrogens is 1. The Balaban J connectivity index is 1.69. The van der Waals surface area contributed by atoms with E-state index in [9.17, 15) is 4.39 Å². The molecule has 2 aromatic carbocycles. The number of rotatable bonds is 5. The molecule has 132 valence electrons. The number of nitrogens with zero attached hydrogens (tertiary/aromatic N) is 2. The molecule has 0 aliphatic heterocycles. The molecule has 0 saturated carbocycles. The topological polar surface area (TPSA) is 37.3 Å². The molecule has 1 N–H and O–H groups in total. The highest BCUT2D eigenvalue weighted by molar-refractivity contribution is 7.14. The summed E-state index contributed by atoms with van der Waals surface area (Å²) in [7, 11) is 0. The quantitative estimate of drug-likeness (QED) is 0.376. The van der Waals surface area contributed by atoms with Crippen LogP contribution < -0.4 is 5.43 Å². The molecule has 3 aromatic rings. The summed E-state index contributed by atoms with van der Waals surface area (Å²) in [4.78, 5) is 4.46. The summed E-state index contributed by atoms with van der Waals surface area (Å²) < 4.78 is 13.6. The summed E-state index contributed by atoms with van der Waals surface area (Å²) in [5.74, 6) is -0.270. The van der Waals surface area contributed by atoms with E-state index in [1.54, 1.807) is 42.5 Å². The summed E-state index contributed by atoms with van der Waals surface area (Å²) in [5.41, 5.74) is 5.65. The zero-order valence-corrected chi connectivity index (χ0v) is 16.0. The van der Waals surface area contributed by atoms with Crippen molar-refractivity contribution in [3.05, 3.63) is 75.3 Å². The number of nitrogens with one attached hydrogen (secondary N) is 1. The van der Waals surface area contributed by atoms with Crippen LogP contribution in [0.4, 0.5) is 9.52 Å². The van der Waals surface area contributed by atoms with Gasteiger partial charge in [-0.25, -0.2) is 9.37 Å². The predicted molar refractivity (Wildman–Crippen MR) is 110 cm³/mol. The molecule has 0 bridgehead atoms. The Morgan fingerprint density at radius 3 is 2.81 bits per heavy atom. The van der Waals surface area contributed by atoms with E-state index >= 15 is 0 Å². The van der Waals surface area contributed by atoms with Gasteiger partial charge in [-0.15, -0.1) is 11.3 Å². The molecule has 1 aromatic heterocycles. The molecule has 7 heteroatoms. The van der Waals surface area contributed by atoms with Crippen LogP contribution in [0.3, 0.4) is 0 Å². The van der Waals surface area contributed by atoms with Gasteiger partial charge < -0.3 is 0 Å². The average Bonchev–Trinajstić information content (AvgIpc) is 3.08. The van der Waals surface area contributed by atoms with E-state index in [0.717, 1.165) is 11.3 Å². The van der Waals surface area contributed by atoms with Gasteiger partial charge in [0.05, 0.1) is 16.4 Å². The highest BCUT2D eigenvalue weighted by Crippen LogP contribution is 2.32. The average molecular weight is 406 g/mol. The Bertz CT molecular complexity index is 982. The molecule has 0 amide bonds. The second kappa shape index (κ2) is 8.45. The number of thiazole rings is 1. The molecule has 0 atom stereocenters. The zero-order chi connectivity index (χ0) is 18.5. The Morgan fingerprint density at radius 2 is 2.04 bits per heavy atom. The molecule has 26 heavy (non-hydrogen) atoms. The first kappa shape index (κ1) is 18.6. The van der Waals surface area contributed by atoms with E-state index in [1.807, 2.05) is 18.4 Å². The lowest BCUT2D eigenvalue weighted by Crippen LogP contribution is -1.94. The lowest BCUT2D eigenvalue weighted by molar-refractivity contribution is 0.625. The summed E-state index contributed by atoms with van der Waals surface area (Å²) >= 11 is 13.5. The van der Waals surface area contributed by atoms with Crippen LogP contribution in [-0.2, 0) is 0 Å². The maximum Gasteiger partial charge on any atom is 0.203 e. The van der Waals surface area contributed by atoms with Gasteiger partial charge in [-0.1, -0.05) is 47.5 Å². The molecule has 1 heterocycles. The smallest absolute Gasteiger partial charge is 0.203 e. The monoisotopic (exact) mass is 405 g/mol. The van der Waals surface area contributed by atoms with Gasteiger partial charge in [-0.3, -0.25) is 5.43 Å². The number of hydrazone groups is 1. The number of anilines is 1. The van der Waals surface area contributed by atoms with Crippen LogP contribution in [0.2, 0.25) is 10.0 Å². The van der Waals surface area contributed by atoms with Gasteiger partial charge >= 0.3 is 0 Å². The molecule has 0 unspecified atom stereocenters. The minimum absolute atomic E-state index is 0.270. The zero-order valence-electron chi connectivity index (χ0n) is 13.7. The van der Waals surface area contributed by atoms with E-state index in [2.05, 4.69) is 15.5 Å². The third-order valence-corrected chi connectivity index (χ3v) is 4.74. The van der Waals surface area contributed by atoms with E-state index in [0.29, 0.717) is 26.5 Å². The molecule has 0 saturated heterocycles. The van der Waals surface area contributed by atoms with Crippen LogP contribution in [0.1, 0.15) is 12.5 Å². The largest absolute Gasteiger partial charge is 0.252 e. The molecule has 0 radical (unpaired) electrons. The minimum Gasteiger partial charge on any atom is -0.252 e. The van der Waals surface area contributed by atoms with E-state index in [1.165, 1.54) is 17.4 Å². The van der Waals surface area contributed by atoms with Crippen molar-refractivity contribution in [2.75, 3.05) is 5.43 Å².